The van der Waals surface area contributed by atoms with Gasteiger partial charge in [-0.25, -0.2) is 4.39 Å². The van der Waals surface area contributed by atoms with Crippen molar-refractivity contribution in [2.45, 2.75) is 6.54 Å². The Hall–Kier alpha value is -1.06. The van der Waals surface area contributed by atoms with Crippen molar-refractivity contribution in [3.63, 3.8) is 0 Å². The van der Waals surface area contributed by atoms with Crippen LogP contribution in [0.1, 0.15) is 0 Å². The van der Waals surface area contributed by atoms with Crippen LogP contribution in [0.15, 0.2) is 24.3 Å². The van der Waals surface area contributed by atoms with Gasteiger partial charge in [0.15, 0.2) is 0 Å². The van der Waals surface area contributed by atoms with Crippen molar-refractivity contribution in [1.82, 2.24) is 4.57 Å². The van der Waals surface area contributed by atoms with Crippen molar-refractivity contribution in [2.24, 2.45) is 5.73 Å². The molecule has 0 fully saturated rings. The first-order valence-electron chi connectivity index (χ1n) is 4.37. The summed E-state index contributed by atoms with van der Waals surface area (Å²) in [4.78, 5) is 0. The van der Waals surface area contributed by atoms with E-state index in [4.69, 9.17) is 17.3 Å². The van der Waals surface area contributed by atoms with Gasteiger partial charge in [-0.2, -0.15) is 0 Å². The number of nitrogens with zero attached hydrogens (tertiary/aromatic N) is 1. The van der Waals surface area contributed by atoms with Gasteiger partial charge in [0.05, 0.1) is 5.52 Å². The zero-order valence-electron chi connectivity index (χ0n) is 7.50. The molecule has 1 aromatic heterocycles. The second-order valence-electron chi connectivity index (χ2n) is 3.08. The van der Waals surface area contributed by atoms with E-state index in [0.717, 1.165) is 5.52 Å². The van der Waals surface area contributed by atoms with E-state index in [-0.39, 0.29) is 5.82 Å². The standard InChI is InChI=1S/C10H10ClFN2/c11-10-6-7-8(12)2-1-3-9(7)14(10)5-4-13/h1-3,6H,4-5,13H2. The summed E-state index contributed by atoms with van der Waals surface area (Å²) < 4.78 is 15.1. The molecule has 0 aliphatic rings. The Morgan fingerprint density at radius 1 is 1.43 bits per heavy atom. The van der Waals surface area contributed by atoms with E-state index >= 15 is 0 Å². The van der Waals surface area contributed by atoms with E-state index in [1.807, 2.05) is 6.07 Å². The zero-order valence-corrected chi connectivity index (χ0v) is 8.26. The number of rotatable bonds is 2. The molecule has 2 nitrogen and oxygen atoms in total. The van der Waals surface area contributed by atoms with Crippen LogP contribution in [0.3, 0.4) is 0 Å². The summed E-state index contributed by atoms with van der Waals surface area (Å²) in [6.45, 7) is 1.09. The number of fused-ring (bicyclic) bond motifs is 1. The number of nitrogens with two attached hydrogens (primary N) is 1. The molecule has 1 aromatic carbocycles. The summed E-state index contributed by atoms with van der Waals surface area (Å²) >= 11 is 5.96. The third-order valence-corrected chi connectivity index (χ3v) is 2.51. The monoisotopic (exact) mass is 212 g/mol. The molecule has 4 heteroatoms. The summed E-state index contributed by atoms with van der Waals surface area (Å²) in [5, 5.41) is 1.07. The molecule has 14 heavy (non-hydrogen) atoms. The topological polar surface area (TPSA) is 30.9 Å². The molecule has 0 saturated carbocycles. The maximum absolute atomic E-state index is 13.3. The third-order valence-electron chi connectivity index (χ3n) is 2.19. The van der Waals surface area contributed by atoms with Crippen molar-refractivity contribution in [1.29, 1.82) is 0 Å². The quantitative estimate of drug-likeness (QED) is 0.814. The number of halogens is 2. The Bertz CT molecular complexity index is 464. The van der Waals surface area contributed by atoms with Crippen molar-refractivity contribution in [3.05, 3.63) is 35.2 Å². The molecule has 2 rings (SSSR count). The van der Waals surface area contributed by atoms with Crippen LogP contribution in [0.5, 0.6) is 0 Å². The molecule has 0 atom stereocenters. The smallest absolute Gasteiger partial charge is 0.132 e. The molecule has 2 N–H and O–H groups in total. The lowest BCUT2D eigenvalue weighted by molar-refractivity contribution is 0.639. The van der Waals surface area contributed by atoms with Gasteiger partial charge in [0.1, 0.15) is 11.0 Å². The molecule has 0 saturated heterocycles. The number of aromatic nitrogens is 1. The van der Waals surface area contributed by atoms with Crippen LogP contribution in [0.2, 0.25) is 5.15 Å². The fourth-order valence-corrected chi connectivity index (χ4v) is 1.86. The molecule has 1 heterocycles. The van der Waals surface area contributed by atoms with Crippen molar-refractivity contribution in [3.8, 4) is 0 Å². The van der Waals surface area contributed by atoms with Crippen molar-refractivity contribution >= 4 is 22.5 Å². The SMILES string of the molecule is NCCn1c(Cl)cc2c(F)cccc21. The van der Waals surface area contributed by atoms with Crippen LogP contribution < -0.4 is 5.73 Å². The fraction of sp³-hybridized carbons (Fsp3) is 0.200. The minimum atomic E-state index is -0.250. The molecule has 0 bridgehead atoms. The summed E-state index contributed by atoms with van der Waals surface area (Å²) in [6.07, 6.45) is 0. The van der Waals surface area contributed by atoms with E-state index in [2.05, 4.69) is 0 Å². The van der Waals surface area contributed by atoms with E-state index in [1.54, 1.807) is 16.7 Å². The molecule has 74 valence electrons. The predicted molar refractivity (Wildman–Crippen MR) is 56.0 cm³/mol. The van der Waals surface area contributed by atoms with Crippen LogP contribution in [0.4, 0.5) is 4.39 Å². The van der Waals surface area contributed by atoms with Gasteiger partial charge < -0.3 is 10.3 Å². The van der Waals surface area contributed by atoms with Crippen LogP contribution in [-0.2, 0) is 6.54 Å². The molecular weight excluding hydrogens is 203 g/mol. The molecule has 0 aliphatic carbocycles. The van der Waals surface area contributed by atoms with Gasteiger partial charge in [-0.1, -0.05) is 17.7 Å². The number of hydrogen-bond acceptors (Lipinski definition) is 1. The summed E-state index contributed by atoms with van der Waals surface area (Å²) in [5.41, 5.74) is 6.24. The van der Waals surface area contributed by atoms with Crippen LogP contribution in [0.25, 0.3) is 10.9 Å². The van der Waals surface area contributed by atoms with Crippen molar-refractivity contribution in [2.75, 3.05) is 6.54 Å². The Morgan fingerprint density at radius 3 is 2.93 bits per heavy atom. The summed E-state index contributed by atoms with van der Waals surface area (Å²) in [6, 6.07) is 6.55. The zero-order chi connectivity index (χ0) is 10.1. The average Bonchev–Trinajstić information content (AvgIpc) is 2.47. The number of hydrogen-bond donors (Lipinski definition) is 1. The van der Waals surface area contributed by atoms with Gasteiger partial charge in [-0.05, 0) is 18.2 Å². The Labute approximate surface area is 86.1 Å². The number of benzene rings is 1. The van der Waals surface area contributed by atoms with Crippen LogP contribution in [0, 0.1) is 5.82 Å². The minimum Gasteiger partial charge on any atom is -0.330 e. The van der Waals surface area contributed by atoms with E-state index in [1.165, 1.54) is 6.07 Å². The maximum Gasteiger partial charge on any atom is 0.132 e. The molecule has 2 aromatic rings. The average molecular weight is 213 g/mol. The van der Waals surface area contributed by atoms with Gasteiger partial charge in [0.2, 0.25) is 0 Å². The maximum atomic E-state index is 13.3. The second kappa shape index (κ2) is 3.59. The molecular formula is C10H10ClFN2. The fourth-order valence-electron chi connectivity index (χ4n) is 1.57. The van der Waals surface area contributed by atoms with E-state index in [9.17, 15) is 4.39 Å². The second-order valence-corrected chi connectivity index (χ2v) is 3.47. The first-order chi connectivity index (χ1) is 6.74. The Kier molecular flexibility index (Phi) is 2.44. The summed E-state index contributed by atoms with van der Waals surface area (Å²) in [5.74, 6) is -0.250. The van der Waals surface area contributed by atoms with Gasteiger partial charge in [0, 0.05) is 18.5 Å². The van der Waals surface area contributed by atoms with Gasteiger partial charge >= 0.3 is 0 Å². The van der Waals surface area contributed by atoms with E-state index in [0.29, 0.717) is 23.6 Å². The highest BCUT2D eigenvalue weighted by molar-refractivity contribution is 6.31. The predicted octanol–water partition coefficient (Wildman–Crippen LogP) is 2.39. The normalized spacial score (nSPS) is 11.1. The first kappa shape index (κ1) is 9.49. The van der Waals surface area contributed by atoms with Gasteiger partial charge in [-0.15, -0.1) is 0 Å². The summed E-state index contributed by atoms with van der Waals surface area (Å²) in [7, 11) is 0. The van der Waals surface area contributed by atoms with E-state index < -0.39 is 0 Å². The minimum absolute atomic E-state index is 0.250. The lowest BCUT2D eigenvalue weighted by Crippen LogP contribution is -2.09. The highest BCUT2D eigenvalue weighted by Crippen LogP contribution is 2.25. The Morgan fingerprint density at radius 2 is 2.21 bits per heavy atom. The van der Waals surface area contributed by atoms with Gasteiger partial charge in [0.25, 0.3) is 0 Å². The molecule has 0 radical (unpaired) electrons. The van der Waals surface area contributed by atoms with Gasteiger partial charge in [-0.3, -0.25) is 0 Å². The molecule has 0 amide bonds. The lowest BCUT2D eigenvalue weighted by Gasteiger charge is -2.04. The molecule has 0 spiro atoms. The largest absolute Gasteiger partial charge is 0.330 e. The highest BCUT2D eigenvalue weighted by Gasteiger charge is 2.08. The highest BCUT2D eigenvalue weighted by atomic mass is 35.5. The third kappa shape index (κ3) is 1.38. The lowest BCUT2D eigenvalue weighted by atomic mass is 10.2. The molecule has 0 unspecified atom stereocenters. The van der Waals surface area contributed by atoms with Crippen LogP contribution in [-0.4, -0.2) is 11.1 Å². The Balaban J connectivity index is 2.70. The van der Waals surface area contributed by atoms with Crippen molar-refractivity contribution < 1.29 is 4.39 Å². The molecule has 0 aliphatic heterocycles. The van der Waals surface area contributed by atoms with Crippen LogP contribution >= 0.6 is 11.6 Å². The first-order valence-corrected chi connectivity index (χ1v) is 4.75.